The normalized spacial score (nSPS) is 14.6. The topological polar surface area (TPSA) is 85.9 Å². The summed E-state index contributed by atoms with van der Waals surface area (Å²) in [4.78, 5) is 27.5. The molecule has 2 aromatic heterocycles. The minimum atomic E-state index is -0.414. The molecule has 1 aliphatic heterocycles. The number of aromatic nitrogens is 5. The maximum atomic E-state index is 13.3. The molecule has 6 rings (SSSR count). The lowest BCUT2D eigenvalue weighted by molar-refractivity contribution is -0.123. The van der Waals surface area contributed by atoms with E-state index in [0.717, 1.165) is 27.9 Å². The first-order chi connectivity index (χ1) is 18.5. The van der Waals surface area contributed by atoms with Crippen LogP contribution in [0.15, 0.2) is 102 Å². The minimum Gasteiger partial charge on any atom is -0.268 e. The highest BCUT2D eigenvalue weighted by molar-refractivity contribution is 8.18. The first-order valence-corrected chi connectivity index (χ1v) is 12.5. The van der Waals surface area contributed by atoms with Crippen molar-refractivity contribution in [3.8, 4) is 22.6 Å². The van der Waals surface area contributed by atoms with E-state index < -0.39 is 11.1 Å². The predicted molar refractivity (Wildman–Crippen MR) is 142 cm³/mol. The molecular weight excluding hydrogens is 503 g/mol. The van der Waals surface area contributed by atoms with Crippen LogP contribution in [0.25, 0.3) is 28.7 Å². The number of amides is 2. The molecule has 186 valence electrons. The van der Waals surface area contributed by atoms with Crippen molar-refractivity contribution in [2.24, 2.45) is 0 Å². The SMILES string of the molecule is O=C1S/C(=C\c2cn(-c3ccccc3)nc2-c2ccccc2)C(=O)N1Cc1cn(-c2ccc(F)cc2)nn1. The highest BCUT2D eigenvalue weighted by Gasteiger charge is 2.36. The van der Waals surface area contributed by atoms with Gasteiger partial charge in [0.1, 0.15) is 11.5 Å². The quantitative estimate of drug-likeness (QED) is 0.274. The largest absolute Gasteiger partial charge is 0.293 e. The van der Waals surface area contributed by atoms with E-state index in [9.17, 15) is 14.0 Å². The summed E-state index contributed by atoms with van der Waals surface area (Å²) in [6.45, 7) is -0.0297. The second-order valence-electron chi connectivity index (χ2n) is 8.48. The summed E-state index contributed by atoms with van der Waals surface area (Å²) in [6, 6.07) is 25.1. The average Bonchev–Trinajstić information content (AvgIpc) is 3.65. The van der Waals surface area contributed by atoms with Crippen molar-refractivity contribution in [3.63, 3.8) is 0 Å². The van der Waals surface area contributed by atoms with Gasteiger partial charge < -0.3 is 0 Å². The predicted octanol–water partition coefficient (Wildman–Crippen LogP) is 5.50. The Morgan fingerprint density at radius 1 is 0.816 bits per heavy atom. The number of halogens is 1. The van der Waals surface area contributed by atoms with Gasteiger partial charge >= 0.3 is 0 Å². The van der Waals surface area contributed by atoms with Gasteiger partial charge in [-0.15, -0.1) is 5.10 Å². The summed E-state index contributed by atoms with van der Waals surface area (Å²) < 4.78 is 16.4. The number of nitrogens with zero attached hydrogens (tertiary/aromatic N) is 6. The third kappa shape index (κ3) is 4.64. The Labute approximate surface area is 221 Å². The van der Waals surface area contributed by atoms with Gasteiger partial charge in [-0.25, -0.2) is 13.8 Å². The fourth-order valence-electron chi connectivity index (χ4n) is 4.06. The monoisotopic (exact) mass is 522 g/mol. The number of hydrogen-bond acceptors (Lipinski definition) is 6. The van der Waals surface area contributed by atoms with Crippen LogP contribution in [-0.4, -0.2) is 40.8 Å². The molecule has 5 aromatic rings. The molecule has 0 radical (unpaired) electrons. The molecule has 8 nitrogen and oxygen atoms in total. The second-order valence-corrected chi connectivity index (χ2v) is 9.47. The van der Waals surface area contributed by atoms with Crippen LogP contribution in [0.4, 0.5) is 9.18 Å². The van der Waals surface area contributed by atoms with Gasteiger partial charge in [-0.2, -0.15) is 5.10 Å². The third-order valence-electron chi connectivity index (χ3n) is 5.92. The molecule has 10 heteroatoms. The van der Waals surface area contributed by atoms with E-state index in [0.29, 0.717) is 27.5 Å². The Bertz CT molecular complexity index is 1660. The summed E-state index contributed by atoms with van der Waals surface area (Å²) in [5, 5.41) is 12.5. The van der Waals surface area contributed by atoms with E-state index >= 15 is 0 Å². The Hall–Kier alpha value is -4.83. The zero-order valence-corrected chi connectivity index (χ0v) is 20.6. The number of carbonyl (C=O) groups excluding carboxylic acids is 2. The number of hydrogen-bond donors (Lipinski definition) is 0. The van der Waals surface area contributed by atoms with Crippen molar-refractivity contribution >= 4 is 29.0 Å². The molecule has 2 amide bonds. The molecule has 38 heavy (non-hydrogen) atoms. The number of carbonyl (C=O) groups is 2. The number of para-hydroxylation sites is 1. The van der Waals surface area contributed by atoms with E-state index in [1.807, 2.05) is 66.9 Å². The van der Waals surface area contributed by atoms with Crippen molar-refractivity contribution in [2.45, 2.75) is 6.54 Å². The van der Waals surface area contributed by atoms with Gasteiger partial charge in [0.15, 0.2) is 0 Å². The van der Waals surface area contributed by atoms with Gasteiger partial charge in [0.25, 0.3) is 11.1 Å². The van der Waals surface area contributed by atoms with Crippen LogP contribution in [0.1, 0.15) is 11.3 Å². The molecule has 0 unspecified atom stereocenters. The van der Waals surface area contributed by atoms with Crippen LogP contribution in [0.3, 0.4) is 0 Å². The van der Waals surface area contributed by atoms with Crippen LogP contribution in [0.2, 0.25) is 0 Å². The molecule has 1 saturated heterocycles. The maximum absolute atomic E-state index is 13.3. The van der Waals surface area contributed by atoms with Crippen molar-refractivity contribution in [2.75, 3.05) is 0 Å². The summed E-state index contributed by atoms with van der Waals surface area (Å²) in [6.07, 6.45) is 5.16. The third-order valence-corrected chi connectivity index (χ3v) is 6.83. The zero-order valence-electron chi connectivity index (χ0n) is 19.8. The van der Waals surface area contributed by atoms with Crippen molar-refractivity contribution in [1.29, 1.82) is 0 Å². The van der Waals surface area contributed by atoms with Gasteiger partial charge in [-0.1, -0.05) is 53.7 Å². The molecule has 0 bridgehead atoms. The van der Waals surface area contributed by atoms with Gasteiger partial charge in [0.2, 0.25) is 0 Å². The molecule has 1 aliphatic rings. The molecule has 3 heterocycles. The van der Waals surface area contributed by atoms with E-state index in [1.54, 1.807) is 29.1 Å². The van der Waals surface area contributed by atoms with E-state index in [-0.39, 0.29) is 12.4 Å². The summed E-state index contributed by atoms with van der Waals surface area (Å²) in [5.74, 6) is -0.772. The van der Waals surface area contributed by atoms with Crippen LogP contribution in [0.5, 0.6) is 0 Å². The van der Waals surface area contributed by atoms with Crippen LogP contribution in [-0.2, 0) is 11.3 Å². The highest BCUT2D eigenvalue weighted by atomic mass is 32.2. The molecule has 0 aliphatic carbocycles. The Balaban J connectivity index is 1.28. The average molecular weight is 523 g/mol. The van der Waals surface area contributed by atoms with Gasteiger partial charge in [-0.3, -0.25) is 14.5 Å². The van der Waals surface area contributed by atoms with Crippen molar-refractivity contribution in [1.82, 2.24) is 29.7 Å². The fourth-order valence-corrected chi connectivity index (χ4v) is 4.89. The standard InChI is InChI=1S/C28H19FN6O2S/c29-21-11-13-24(14-12-21)35-18-22(30-32-35)17-33-27(36)25(38-28(33)37)15-20-16-34(23-9-5-2-6-10-23)31-26(20)19-7-3-1-4-8-19/h1-16,18H,17H2/b25-15-. The molecule has 0 atom stereocenters. The van der Waals surface area contributed by atoms with E-state index in [2.05, 4.69) is 10.3 Å². The Morgan fingerprint density at radius 3 is 2.24 bits per heavy atom. The van der Waals surface area contributed by atoms with Crippen LogP contribution >= 0.6 is 11.8 Å². The Kier molecular flexibility index (Phi) is 6.14. The lowest BCUT2D eigenvalue weighted by Gasteiger charge is -2.09. The first kappa shape index (κ1) is 23.6. The van der Waals surface area contributed by atoms with E-state index in [4.69, 9.17) is 5.10 Å². The zero-order chi connectivity index (χ0) is 26.1. The second kappa shape index (κ2) is 9.91. The van der Waals surface area contributed by atoms with Crippen LogP contribution in [0, 0.1) is 5.82 Å². The minimum absolute atomic E-state index is 0.0297. The van der Waals surface area contributed by atoms with Gasteiger partial charge in [0.05, 0.1) is 34.7 Å². The molecule has 3 aromatic carbocycles. The Morgan fingerprint density at radius 2 is 1.50 bits per heavy atom. The number of rotatable bonds is 6. The van der Waals surface area contributed by atoms with Crippen LogP contribution < -0.4 is 0 Å². The maximum Gasteiger partial charge on any atom is 0.293 e. The van der Waals surface area contributed by atoms with Crippen molar-refractivity contribution in [3.05, 3.63) is 119 Å². The van der Waals surface area contributed by atoms with E-state index in [1.165, 1.54) is 16.8 Å². The summed E-state index contributed by atoms with van der Waals surface area (Å²) in [7, 11) is 0. The molecule has 0 spiro atoms. The molecule has 0 N–H and O–H groups in total. The number of imide groups is 1. The lowest BCUT2D eigenvalue weighted by atomic mass is 10.1. The summed E-state index contributed by atoms with van der Waals surface area (Å²) >= 11 is 0.874. The fraction of sp³-hybridized carbons (Fsp3) is 0.0357. The number of benzene rings is 3. The molecule has 1 fully saturated rings. The lowest BCUT2D eigenvalue weighted by Crippen LogP contribution is -2.27. The highest BCUT2D eigenvalue weighted by Crippen LogP contribution is 2.35. The van der Waals surface area contributed by atoms with Crippen molar-refractivity contribution < 1.29 is 14.0 Å². The first-order valence-electron chi connectivity index (χ1n) is 11.7. The number of thioether (sulfide) groups is 1. The molecule has 0 saturated carbocycles. The summed E-state index contributed by atoms with van der Waals surface area (Å²) in [5.41, 5.74) is 4.23. The smallest absolute Gasteiger partial charge is 0.268 e. The van der Waals surface area contributed by atoms with Gasteiger partial charge in [-0.05, 0) is 54.2 Å². The van der Waals surface area contributed by atoms with Gasteiger partial charge in [0, 0.05) is 17.3 Å². The molecular formula is C28H19FN6O2S.